The van der Waals surface area contributed by atoms with E-state index in [1.807, 2.05) is 0 Å². The smallest absolute Gasteiger partial charge is 0.294 e. The first-order chi connectivity index (χ1) is 14.5. The van der Waals surface area contributed by atoms with Gasteiger partial charge in [-0.2, -0.15) is 0 Å². The lowest BCUT2D eigenvalue weighted by molar-refractivity contribution is -0.757. The first kappa shape index (κ1) is 23.4. The Labute approximate surface area is 179 Å². The van der Waals surface area contributed by atoms with E-state index in [1.165, 1.54) is 12.1 Å². The highest BCUT2D eigenvalue weighted by Crippen LogP contribution is 2.54. The Balaban J connectivity index is 1.68. The molecule has 1 aliphatic heterocycles. The van der Waals surface area contributed by atoms with Crippen LogP contribution in [-0.2, 0) is 15.6 Å². The van der Waals surface area contributed by atoms with Crippen molar-refractivity contribution in [2.45, 2.75) is 88.3 Å². The highest BCUT2D eigenvalue weighted by atomic mass is 19.3. The largest absolute Gasteiger partial charge is 0.485 e. The van der Waals surface area contributed by atoms with Crippen molar-refractivity contribution in [2.75, 3.05) is 6.61 Å². The zero-order chi connectivity index (χ0) is 22.9. The molecule has 3 rings (SSSR count). The van der Waals surface area contributed by atoms with Crippen LogP contribution >= 0.6 is 0 Å². The van der Waals surface area contributed by atoms with Gasteiger partial charge in [0.05, 0.1) is 6.61 Å². The Morgan fingerprint density at radius 1 is 1.29 bits per heavy atom. The maximum atomic E-state index is 14.8. The molecule has 0 spiro atoms. The van der Waals surface area contributed by atoms with Crippen LogP contribution in [-0.4, -0.2) is 33.8 Å². The van der Waals surface area contributed by atoms with E-state index in [0.717, 1.165) is 0 Å². The minimum absolute atomic E-state index is 0.0304. The number of hydrogen-bond donors (Lipinski definition) is 1. The Morgan fingerprint density at radius 2 is 2.00 bits per heavy atom. The minimum atomic E-state index is -3.06. The molecule has 7 nitrogen and oxygen atoms in total. The molecule has 172 valence electrons. The first-order valence-electron chi connectivity index (χ1n) is 10.7. The molecule has 2 aliphatic rings. The zero-order valence-electron chi connectivity index (χ0n) is 17.9. The van der Waals surface area contributed by atoms with Crippen LogP contribution in [0.4, 0.5) is 8.78 Å². The summed E-state index contributed by atoms with van der Waals surface area (Å²) in [5.74, 6) is -3.19. The van der Waals surface area contributed by atoms with E-state index in [0.29, 0.717) is 30.6 Å². The molecule has 2 atom stereocenters. The summed E-state index contributed by atoms with van der Waals surface area (Å²) in [5.41, 5.74) is -1.80. The summed E-state index contributed by atoms with van der Waals surface area (Å²) in [5, 5.41) is 20.5. The van der Waals surface area contributed by atoms with Crippen LogP contribution in [0.5, 0.6) is 5.75 Å². The number of benzene rings is 1. The quantitative estimate of drug-likeness (QED) is 0.340. The maximum absolute atomic E-state index is 14.8. The predicted molar refractivity (Wildman–Crippen MR) is 108 cm³/mol. The van der Waals surface area contributed by atoms with Crippen molar-refractivity contribution >= 4 is 5.78 Å². The Hall–Kier alpha value is -2.29. The molecular formula is C22H29F2NO6. The topological polar surface area (TPSA) is 98.9 Å². The summed E-state index contributed by atoms with van der Waals surface area (Å²) in [7, 11) is 0. The first-order valence-corrected chi connectivity index (χ1v) is 10.7. The van der Waals surface area contributed by atoms with E-state index in [9.17, 15) is 28.8 Å². The second kappa shape index (κ2) is 8.68. The number of aliphatic hydroxyl groups is 1. The van der Waals surface area contributed by atoms with Gasteiger partial charge in [0.25, 0.3) is 11.0 Å². The van der Waals surface area contributed by atoms with Crippen molar-refractivity contribution in [3.8, 4) is 5.75 Å². The Morgan fingerprint density at radius 3 is 2.71 bits per heavy atom. The highest BCUT2D eigenvalue weighted by molar-refractivity contribution is 5.81. The third-order valence-corrected chi connectivity index (χ3v) is 6.59. The normalized spacial score (nSPS) is 24.7. The fourth-order valence-electron chi connectivity index (χ4n) is 4.68. The van der Waals surface area contributed by atoms with Gasteiger partial charge in [-0.1, -0.05) is 25.0 Å². The lowest BCUT2D eigenvalue weighted by Gasteiger charge is -2.53. The van der Waals surface area contributed by atoms with E-state index in [-0.39, 0.29) is 50.1 Å². The average Bonchev–Trinajstić information content (AvgIpc) is 2.68. The molecule has 0 radical (unpaired) electrons. The van der Waals surface area contributed by atoms with E-state index in [2.05, 4.69) is 4.84 Å². The van der Waals surface area contributed by atoms with Crippen LogP contribution in [0.2, 0.25) is 0 Å². The van der Waals surface area contributed by atoms with Crippen molar-refractivity contribution in [3.05, 3.63) is 39.4 Å². The van der Waals surface area contributed by atoms with Crippen LogP contribution in [0.1, 0.15) is 82.3 Å². The van der Waals surface area contributed by atoms with Crippen LogP contribution in [0, 0.1) is 10.1 Å². The van der Waals surface area contributed by atoms with Gasteiger partial charge in [-0.25, -0.2) is 8.78 Å². The van der Waals surface area contributed by atoms with Gasteiger partial charge in [0, 0.05) is 36.3 Å². The number of fused-ring (bicyclic) bond motifs is 3. The number of nitrogens with zero attached hydrogens (tertiary/aromatic N) is 1. The van der Waals surface area contributed by atoms with Crippen LogP contribution in [0.3, 0.4) is 0 Å². The van der Waals surface area contributed by atoms with Crippen LogP contribution in [0.25, 0.3) is 0 Å². The Bertz CT molecular complexity index is 843. The fraction of sp³-hybridized carbons (Fsp3) is 0.682. The van der Waals surface area contributed by atoms with Gasteiger partial charge in [-0.05, 0) is 39.2 Å². The van der Waals surface area contributed by atoms with Gasteiger partial charge in [0.15, 0.2) is 0 Å². The van der Waals surface area contributed by atoms with Gasteiger partial charge < -0.3 is 14.7 Å². The summed E-state index contributed by atoms with van der Waals surface area (Å²) in [4.78, 5) is 26.3. The van der Waals surface area contributed by atoms with E-state index >= 15 is 0 Å². The van der Waals surface area contributed by atoms with Gasteiger partial charge >= 0.3 is 0 Å². The Kier molecular flexibility index (Phi) is 6.55. The van der Waals surface area contributed by atoms with E-state index in [4.69, 9.17) is 4.74 Å². The second-order valence-corrected chi connectivity index (χ2v) is 9.01. The molecular weight excluding hydrogens is 412 g/mol. The number of ether oxygens (including phenoxy) is 1. The van der Waals surface area contributed by atoms with Crippen LogP contribution in [0.15, 0.2) is 18.2 Å². The molecule has 0 unspecified atom stereocenters. The van der Waals surface area contributed by atoms with Crippen molar-refractivity contribution in [1.82, 2.24) is 0 Å². The fourth-order valence-corrected chi connectivity index (χ4v) is 4.68. The number of halogens is 2. The van der Waals surface area contributed by atoms with Crippen molar-refractivity contribution in [1.29, 1.82) is 0 Å². The number of alkyl halides is 2. The van der Waals surface area contributed by atoms with Crippen molar-refractivity contribution in [3.63, 3.8) is 0 Å². The lowest BCUT2D eigenvalue weighted by atomic mass is 9.63. The molecule has 0 amide bonds. The average molecular weight is 441 g/mol. The maximum Gasteiger partial charge on any atom is 0.294 e. The molecule has 31 heavy (non-hydrogen) atoms. The standard InChI is InChI=1S/C22H29F2NO6/c1-20(2)21(27)11-9-16(26)14-18(21)17-8-7-15(13-19(17)31-20)22(23,24)10-5-3-4-6-12-30-25(28)29/h7-8,13,18,27H,3-6,9-12,14H2,1-2H3/t18-,21-/m1/s1. The third kappa shape index (κ3) is 4.81. The number of rotatable bonds is 9. The molecule has 0 bridgehead atoms. The number of unbranched alkanes of at least 4 members (excludes halogenated alkanes) is 3. The monoisotopic (exact) mass is 441 g/mol. The lowest BCUT2D eigenvalue weighted by Crippen LogP contribution is -2.62. The van der Waals surface area contributed by atoms with Gasteiger partial charge in [-0.15, -0.1) is 10.1 Å². The number of ketones is 1. The molecule has 1 aliphatic carbocycles. The molecule has 1 heterocycles. The van der Waals surface area contributed by atoms with Gasteiger partial charge in [0.2, 0.25) is 0 Å². The molecule has 0 saturated heterocycles. The molecule has 1 aromatic carbocycles. The summed E-state index contributed by atoms with van der Waals surface area (Å²) in [6.45, 7) is 3.43. The van der Waals surface area contributed by atoms with Crippen molar-refractivity contribution < 1.29 is 33.3 Å². The third-order valence-electron chi connectivity index (χ3n) is 6.59. The summed E-state index contributed by atoms with van der Waals surface area (Å²) in [6.07, 6.45) is 2.19. The zero-order valence-corrected chi connectivity index (χ0v) is 17.9. The SMILES string of the molecule is CC1(C)Oc2cc(C(F)(F)CCCCCCO[N+](=O)[O-])ccc2[C@H]2CC(=O)CC[C@@]21O. The second-order valence-electron chi connectivity index (χ2n) is 9.01. The van der Waals surface area contributed by atoms with Crippen molar-refractivity contribution in [2.24, 2.45) is 0 Å². The van der Waals surface area contributed by atoms with E-state index in [1.54, 1.807) is 19.9 Å². The highest BCUT2D eigenvalue weighted by Gasteiger charge is 2.57. The molecule has 1 aromatic rings. The molecule has 1 fully saturated rings. The summed E-state index contributed by atoms with van der Waals surface area (Å²) in [6, 6.07) is 4.24. The molecule has 1 N–H and O–H groups in total. The number of Topliss-reactive ketones (excluding diaryl/α,β-unsaturated/α-hetero) is 1. The van der Waals surface area contributed by atoms with E-state index < -0.39 is 28.1 Å². The molecule has 1 saturated carbocycles. The summed E-state index contributed by atoms with van der Waals surface area (Å²) < 4.78 is 35.6. The van der Waals surface area contributed by atoms with Crippen LogP contribution < -0.4 is 4.74 Å². The number of carbonyl (C=O) groups is 1. The number of carbonyl (C=O) groups excluding carboxylic acids is 1. The summed E-state index contributed by atoms with van der Waals surface area (Å²) >= 11 is 0. The van der Waals surface area contributed by atoms with Gasteiger partial charge in [0.1, 0.15) is 22.7 Å². The number of hydrogen-bond acceptors (Lipinski definition) is 6. The molecule has 0 aromatic heterocycles. The predicted octanol–water partition coefficient (Wildman–Crippen LogP) is 4.68. The minimum Gasteiger partial charge on any atom is -0.485 e. The molecule has 9 heteroatoms. The van der Waals surface area contributed by atoms with Gasteiger partial charge in [-0.3, -0.25) is 4.79 Å².